The molecular formula is C42H23N3O. The van der Waals surface area contributed by atoms with Gasteiger partial charge in [-0.3, -0.25) is 4.57 Å². The van der Waals surface area contributed by atoms with Crippen molar-refractivity contribution in [3.8, 4) is 39.3 Å². The minimum atomic E-state index is 0.812. The first-order valence-corrected chi connectivity index (χ1v) is 15.6. The van der Waals surface area contributed by atoms with Crippen LogP contribution < -0.4 is 0 Å². The predicted octanol–water partition coefficient (Wildman–Crippen LogP) is 11.1. The lowest BCUT2D eigenvalue weighted by Gasteiger charge is -2.15. The Morgan fingerprint density at radius 1 is 0.457 bits per heavy atom. The molecule has 0 saturated carbocycles. The number of hydrogen-bond donors (Lipinski definition) is 0. The van der Waals surface area contributed by atoms with Crippen LogP contribution in [0.1, 0.15) is 0 Å². The standard InChI is InChI=1S/C42H23N3O/c1-4-20-36-26(11-1)31-23-25(21-22-37(31)46-36)41-42(44-33-17-3-2-16-32(33)43-41)45-34-18-7-14-29-27-12-5-9-24-10-6-13-28(38(24)27)30-15-8-19-35(45)40(30)39(29)34/h1-23H. The van der Waals surface area contributed by atoms with Crippen molar-refractivity contribution in [3.05, 3.63) is 140 Å². The van der Waals surface area contributed by atoms with Crippen LogP contribution in [0.25, 0.3) is 105 Å². The number of fused-ring (bicyclic) bond motifs is 6. The first kappa shape index (κ1) is 24.1. The Morgan fingerprint density at radius 3 is 1.76 bits per heavy atom. The number of nitrogens with zero attached hydrogens (tertiary/aromatic N) is 3. The molecule has 0 atom stereocenters. The van der Waals surface area contributed by atoms with Crippen LogP contribution in [0.4, 0.5) is 0 Å². The molecule has 0 saturated heterocycles. The normalized spacial score (nSPS) is 12.3. The van der Waals surface area contributed by atoms with Crippen LogP contribution in [0.2, 0.25) is 0 Å². The lowest BCUT2D eigenvalue weighted by Crippen LogP contribution is -2.04. The molecule has 0 unspecified atom stereocenters. The zero-order valence-corrected chi connectivity index (χ0v) is 24.5. The van der Waals surface area contributed by atoms with Crippen LogP contribution in [0.15, 0.2) is 144 Å². The Morgan fingerprint density at radius 2 is 1.04 bits per heavy atom. The topological polar surface area (TPSA) is 43.9 Å². The summed E-state index contributed by atoms with van der Waals surface area (Å²) in [7, 11) is 0. The summed E-state index contributed by atoms with van der Waals surface area (Å²) in [6.45, 7) is 0. The van der Waals surface area contributed by atoms with E-state index in [1.54, 1.807) is 0 Å². The number of aromatic nitrogens is 3. The van der Waals surface area contributed by atoms with E-state index < -0.39 is 0 Å². The Kier molecular flexibility index (Phi) is 4.55. The van der Waals surface area contributed by atoms with Gasteiger partial charge in [-0.2, -0.15) is 0 Å². The summed E-state index contributed by atoms with van der Waals surface area (Å²) in [4.78, 5) is 10.7. The molecule has 0 N–H and O–H groups in total. The van der Waals surface area contributed by atoms with Gasteiger partial charge >= 0.3 is 0 Å². The summed E-state index contributed by atoms with van der Waals surface area (Å²) in [6, 6.07) is 49.4. The van der Waals surface area contributed by atoms with Crippen LogP contribution in [0.3, 0.4) is 0 Å². The molecule has 0 radical (unpaired) electrons. The third-order valence-corrected chi connectivity index (χ3v) is 9.72. The molecule has 11 rings (SSSR count). The van der Waals surface area contributed by atoms with E-state index in [0.717, 1.165) is 61.1 Å². The van der Waals surface area contributed by atoms with Crippen LogP contribution in [-0.4, -0.2) is 14.5 Å². The van der Waals surface area contributed by atoms with E-state index >= 15 is 0 Å². The molecule has 4 heteroatoms. The molecule has 0 bridgehead atoms. The molecule has 0 fully saturated rings. The Labute approximate surface area is 262 Å². The van der Waals surface area contributed by atoms with Gasteiger partial charge in [0.05, 0.1) is 22.1 Å². The zero-order chi connectivity index (χ0) is 29.9. The van der Waals surface area contributed by atoms with E-state index in [9.17, 15) is 0 Å². The van der Waals surface area contributed by atoms with E-state index in [2.05, 4.69) is 108 Å². The molecule has 10 aromatic rings. The highest BCUT2D eigenvalue weighted by Gasteiger charge is 2.26. The number of rotatable bonds is 2. The molecule has 1 aliphatic rings. The van der Waals surface area contributed by atoms with Crippen molar-refractivity contribution in [1.82, 2.24) is 14.5 Å². The van der Waals surface area contributed by atoms with Crippen molar-refractivity contribution >= 4 is 65.6 Å². The highest BCUT2D eigenvalue weighted by molar-refractivity contribution is 6.27. The van der Waals surface area contributed by atoms with E-state index in [0.29, 0.717) is 0 Å². The van der Waals surface area contributed by atoms with Gasteiger partial charge in [-0.25, -0.2) is 9.97 Å². The summed E-state index contributed by atoms with van der Waals surface area (Å²) in [6.07, 6.45) is 0. The Balaban J connectivity index is 1.30. The summed E-state index contributed by atoms with van der Waals surface area (Å²) in [5.74, 6) is 0.812. The fourth-order valence-electron chi connectivity index (χ4n) is 7.79. The van der Waals surface area contributed by atoms with E-state index in [1.165, 1.54) is 43.8 Å². The molecule has 3 aromatic heterocycles. The summed E-state index contributed by atoms with van der Waals surface area (Å²) < 4.78 is 8.52. The summed E-state index contributed by atoms with van der Waals surface area (Å²) >= 11 is 0. The number of hydrogen-bond acceptors (Lipinski definition) is 3. The first-order valence-electron chi connectivity index (χ1n) is 15.6. The monoisotopic (exact) mass is 585 g/mol. The third kappa shape index (κ3) is 3.07. The van der Waals surface area contributed by atoms with Crippen LogP contribution in [-0.2, 0) is 0 Å². The minimum absolute atomic E-state index is 0.812. The van der Waals surface area contributed by atoms with E-state index in [4.69, 9.17) is 14.4 Å². The van der Waals surface area contributed by atoms with Gasteiger partial charge in [-0.15, -0.1) is 0 Å². The van der Waals surface area contributed by atoms with Crippen LogP contribution >= 0.6 is 0 Å². The zero-order valence-electron chi connectivity index (χ0n) is 24.5. The first-order chi connectivity index (χ1) is 22.8. The van der Waals surface area contributed by atoms with Gasteiger partial charge in [0.15, 0.2) is 5.82 Å². The predicted molar refractivity (Wildman–Crippen MR) is 189 cm³/mol. The lowest BCUT2D eigenvalue weighted by molar-refractivity contribution is 0.669. The molecule has 0 spiro atoms. The number of benzene rings is 7. The SMILES string of the molecule is c1cc2c3c(cccc3c1)-c1cccc3c1c1c-2cccc1n3-c1nc2ccccc2nc1-c1ccc2oc3ccccc3c2c1. The largest absolute Gasteiger partial charge is 0.456 e. The van der Waals surface area contributed by atoms with Crippen LogP contribution in [0.5, 0.6) is 0 Å². The Hall–Kier alpha value is -6.26. The maximum Gasteiger partial charge on any atom is 0.165 e. The molecule has 4 nitrogen and oxygen atoms in total. The van der Waals surface area contributed by atoms with E-state index in [-0.39, 0.29) is 0 Å². The quantitative estimate of drug-likeness (QED) is 0.203. The fourth-order valence-corrected chi connectivity index (χ4v) is 7.79. The fraction of sp³-hybridized carbons (Fsp3) is 0. The molecule has 0 amide bonds. The second kappa shape index (κ2) is 8.68. The highest BCUT2D eigenvalue weighted by atomic mass is 16.3. The van der Waals surface area contributed by atoms with Crippen molar-refractivity contribution in [2.75, 3.05) is 0 Å². The Bertz CT molecular complexity index is 2830. The average molecular weight is 586 g/mol. The minimum Gasteiger partial charge on any atom is -0.456 e. The molecule has 7 aromatic carbocycles. The van der Waals surface area contributed by atoms with Crippen LogP contribution in [0, 0.1) is 0 Å². The van der Waals surface area contributed by atoms with Gasteiger partial charge in [0, 0.05) is 27.1 Å². The number of furan rings is 1. The summed E-state index contributed by atoms with van der Waals surface area (Å²) in [5, 5.41) is 7.21. The van der Waals surface area contributed by atoms with Crippen molar-refractivity contribution < 1.29 is 4.42 Å². The van der Waals surface area contributed by atoms with Crippen molar-refractivity contribution in [2.45, 2.75) is 0 Å². The average Bonchev–Trinajstić information content (AvgIpc) is 3.62. The van der Waals surface area contributed by atoms with Gasteiger partial charge in [0.25, 0.3) is 0 Å². The van der Waals surface area contributed by atoms with Gasteiger partial charge in [0.2, 0.25) is 0 Å². The second-order valence-electron chi connectivity index (χ2n) is 12.1. The molecular weight excluding hydrogens is 562 g/mol. The summed E-state index contributed by atoms with van der Waals surface area (Å²) in [5.41, 5.74) is 12.5. The molecule has 212 valence electrons. The molecule has 0 aliphatic heterocycles. The van der Waals surface area contributed by atoms with Gasteiger partial charge < -0.3 is 4.42 Å². The van der Waals surface area contributed by atoms with Crippen molar-refractivity contribution in [3.63, 3.8) is 0 Å². The number of para-hydroxylation sites is 3. The molecule has 3 heterocycles. The van der Waals surface area contributed by atoms with E-state index in [1.807, 2.05) is 36.4 Å². The highest BCUT2D eigenvalue weighted by Crippen LogP contribution is 2.49. The van der Waals surface area contributed by atoms with Gasteiger partial charge in [0.1, 0.15) is 16.9 Å². The van der Waals surface area contributed by atoms with Gasteiger partial charge in [-0.1, -0.05) is 91.0 Å². The maximum atomic E-state index is 6.19. The smallest absolute Gasteiger partial charge is 0.165 e. The second-order valence-corrected chi connectivity index (χ2v) is 12.1. The van der Waals surface area contributed by atoms with Gasteiger partial charge in [-0.05, 0) is 81.6 Å². The lowest BCUT2D eigenvalue weighted by atomic mass is 9.93. The molecule has 46 heavy (non-hydrogen) atoms. The third-order valence-electron chi connectivity index (χ3n) is 9.72. The van der Waals surface area contributed by atoms with Crippen molar-refractivity contribution in [2.24, 2.45) is 0 Å². The van der Waals surface area contributed by atoms with Crippen molar-refractivity contribution in [1.29, 1.82) is 0 Å². The molecule has 1 aliphatic carbocycles. The maximum absolute atomic E-state index is 6.19.